The number of alkyl halides is 1. The Morgan fingerprint density at radius 1 is 1.33 bits per heavy atom. The molecule has 0 heterocycles. The van der Waals surface area contributed by atoms with Crippen LogP contribution in [-0.4, -0.2) is 6.61 Å². The number of halogens is 2. The van der Waals surface area contributed by atoms with Gasteiger partial charge in [0.2, 0.25) is 0 Å². The van der Waals surface area contributed by atoms with Crippen molar-refractivity contribution in [3.8, 4) is 5.75 Å². The quantitative estimate of drug-likeness (QED) is 0.698. The van der Waals surface area contributed by atoms with Crippen molar-refractivity contribution in [2.75, 3.05) is 6.61 Å². The minimum absolute atomic E-state index is 0.283. The van der Waals surface area contributed by atoms with Crippen LogP contribution in [0, 0.1) is 11.7 Å². The van der Waals surface area contributed by atoms with Gasteiger partial charge in [0.15, 0.2) is 0 Å². The molecule has 0 N–H and O–H groups in total. The molecule has 0 bridgehead atoms. The fourth-order valence-electron chi connectivity index (χ4n) is 1.53. The summed E-state index contributed by atoms with van der Waals surface area (Å²) in [5.41, 5.74) is 0.762. The van der Waals surface area contributed by atoms with Crippen LogP contribution in [0.2, 0.25) is 0 Å². The van der Waals surface area contributed by atoms with Crippen LogP contribution in [0.4, 0.5) is 4.39 Å². The molecule has 0 amide bonds. The third kappa shape index (κ3) is 3.38. The van der Waals surface area contributed by atoms with Gasteiger partial charge in [0.1, 0.15) is 11.6 Å². The number of hydrogen-bond donors (Lipinski definition) is 0. The van der Waals surface area contributed by atoms with Crippen molar-refractivity contribution in [1.82, 2.24) is 0 Å². The topological polar surface area (TPSA) is 9.23 Å². The lowest BCUT2D eigenvalue weighted by molar-refractivity contribution is 0.301. The summed E-state index contributed by atoms with van der Waals surface area (Å²) in [6.45, 7) is 0.676. The molecule has 0 saturated heterocycles. The highest BCUT2D eigenvalue weighted by atomic mass is 35.5. The number of rotatable bonds is 5. The normalized spacial score (nSPS) is 15.3. The van der Waals surface area contributed by atoms with Gasteiger partial charge in [-0.3, -0.25) is 0 Å². The van der Waals surface area contributed by atoms with Crippen LogP contribution >= 0.6 is 11.6 Å². The van der Waals surface area contributed by atoms with Crippen LogP contribution in [0.3, 0.4) is 0 Å². The molecule has 3 heteroatoms. The third-order valence-corrected chi connectivity index (χ3v) is 2.89. The van der Waals surface area contributed by atoms with Crippen molar-refractivity contribution in [1.29, 1.82) is 0 Å². The van der Waals surface area contributed by atoms with Gasteiger partial charge in [-0.2, -0.15) is 0 Å². The highest BCUT2D eigenvalue weighted by Crippen LogP contribution is 2.32. The van der Waals surface area contributed by atoms with Crippen molar-refractivity contribution in [2.45, 2.75) is 25.1 Å². The molecular weight excluding hydrogens is 215 g/mol. The lowest BCUT2D eigenvalue weighted by Gasteiger charge is -2.07. The molecule has 0 unspecified atom stereocenters. The second kappa shape index (κ2) is 4.84. The summed E-state index contributed by atoms with van der Waals surface area (Å²) in [6.07, 6.45) is 3.71. The molecule has 0 spiro atoms. The minimum atomic E-state index is -0.283. The van der Waals surface area contributed by atoms with Gasteiger partial charge in [-0.05, 0) is 30.0 Å². The summed E-state index contributed by atoms with van der Waals surface area (Å²) in [5, 5.41) is 0. The second-order valence-electron chi connectivity index (χ2n) is 4.01. The van der Waals surface area contributed by atoms with Crippen LogP contribution in [0.25, 0.3) is 0 Å². The molecule has 1 aliphatic carbocycles. The highest BCUT2D eigenvalue weighted by molar-refractivity contribution is 6.17. The largest absolute Gasteiger partial charge is 0.493 e. The highest BCUT2D eigenvalue weighted by Gasteiger charge is 2.20. The zero-order valence-corrected chi connectivity index (χ0v) is 9.27. The molecule has 1 aromatic rings. The Morgan fingerprint density at radius 3 is 2.80 bits per heavy atom. The molecule has 0 aromatic heterocycles. The zero-order valence-electron chi connectivity index (χ0n) is 8.51. The van der Waals surface area contributed by atoms with E-state index in [1.54, 1.807) is 6.07 Å². The van der Waals surface area contributed by atoms with E-state index in [1.165, 1.54) is 25.0 Å². The van der Waals surface area contributed by atoms with Gasteiger partial charge >= 0.3 is 0 Å². The Kier molecular flexibility index (Phi) is 3.47. The molecule has 2 rings (SSSR count). The van der Waals surface area contributed by atoms with Crippen LogP contribution < -0.4 is 4.74 Å². The first kappa shape index (κ1) is 10.7. The number of ether oxygens (including phenoxy) is 1. The third-order valence-electron chi connectivity index (χ3n) is 2.58. The zero-order chi connectivity index (χ0) is 10.7. The first-order chi connectivity index (χ1) is 7.28. The average Bonchev–Trinajstić information content (AvgIpc) is 3.01. The molecule has 0 radical (unpaired) electrons. The van der Waals surface area contributed by atoms with Crippen LogP contribution in [0.15, 0.2) is 18.2 Å². The first-order valence-electron chi connectivity index (χ1n) is 5.26. The van der Waals surface area contributed by atoms with Crippen LogP contribution in [0.5, 0.6) is 5.75 Å². The Labute approximate surface area is 94.2 Å². The SMILES string of the molecule is Fc1cc(CCl)cc(OCCC2CC2)c1. The van der Waals surface area contributed by atoms with Gasteiger partial charge in [0.05, 0.1) is 6.61 Å². The molecular formula is C12H14ClFO. The van der Waals surface area contributed by atoms with E-state index in [1.807, 2.05) is 0 Å². The molecule has 1 fully saturated rings. The van der Waals surface area contributed by atoms with Gasteiger partial charge in [-0.15, -0.1) is 11.6 Å². The van der Waals surface area contributed by atoms with E-state index in [9.17, 15) is 4.39 Å². The molecule has 15 heavy (non-hydrogen) atoms. The van der Waals surface area contributed by atoms with Crippen molar-refractivity contribution in [3.05, 3.63) is 29.6 Å². The van der Waals surface area contributed by atoms with E-state index in [2.05, 4.69) is 0 Å². The van der Waals surface area contributed by atoms with Crippen LogP contribution in [-0.2, 0) is 5.88 Å². The van der Waals surface area contributed by atoms with E-state index < -0.39 is 0 Å². The minimum Gasteiger partial charge on any atom is -0.493 e. The maximum atomic E-state index is 13.1. The monoisotopic (exact) mass is 228 g/mol. The van der Waals surface area contributed by atoms with Gasteiger partial charge in [0.25, 0.3) is 0 Å². The summed E-state index contributed by atoms with van der Waals surface area (Å²) in [7, 11) is 0. The maximum absolute atomic E-state index is 13.1. The molecule has 1 saturated carbocycles. The Hall–Kier alpha value is -0.760. The predicted molar refractivity (Wildman–Crippen MR) is 58.8 cm³/mol. The fourth-order valence-corrected chi connectivity index (χ4v) is 1.69. The van der Waals surface area contributed by atoms with E-state index in [-0.39, 0.29) is 5.82 Å². The van der Waals surface area contributed by atoms with E-state index >= 15 is 0 Å². The summed E-state index contributed by atoms with van der Waals surface area (Å²) >= 11 is 5.64. The van der Waals surface area contributed by atoms with Crippen molar-refractivity contribution < 1.29 is 9.13 Å². The first-order valence-corrected chi connectivity index (χ1v) is 5.79. The number of benzene rings is 1. The summed E-state index contributed by atoms with van der Waals surface area (Å²) in [5.74, 6) is 1.46. The van der Waals surface area contributed by atoms with E-state index in [0.717, 1.165) is 17.9 Å². The van der Waals surface area contributed by atoms with Gasteiger partial charge in [-0.1, -0.05) is 12.8 Å². The number of hydrogen-bond acceptors (Lipinski definition) is 1. The van der Waals surface area contributed by atoms with Crippen molar-refractivity contribution in [2.24, 2.45) is 5.92 Å². The summed E-state index contributed by atoms with van der Waals surface area (Å²) < 4.78 is 18.6. The predicted octanol–water partition coefficient (Wildman–Crippen LogP) is 3.74. The Balaban J connectivity index is 1.90. The van der Waals surface area contributed by atoms with Gasteiger partial charge in [-0.25, -0.2) is 4.39 Å². The fraction of sp³-hybridized carbons (Fsp3) is 0.500. The maximum Gasteiger partial charge on any atom is 0.127 e. The van der Waals surface area contributed by atoms with Crippen LogP contribution in [0.1, 0.15) is 24.8 Å². The van der Waals surface area contributed by atoms with Crippen molar-refractivity contribution >= 4 is 11.6 Å². The molecule has 82 valence electrons. The summed E-state index contributed by atoms with van der Waals surface area (Å²) in [4.78, 5) is 0. The van der Waals surface area contributed by atoms with Gasteiger partial charge in [0, 0.05) is 11.9 Å². The lowest BCUT2D eigenvalue weighted by atomic mass is 10.2. The smallest absolute Gasteiger partial charge is 0.127 e. The molecule has 1 aromatic carbocycles. The van der Waals surface area contributed by atoms with Gasteiger partial charge < -0.3 is 4.74 Å². The van der Waals surface area contributed by atoms with E-state index in [4.69, 9.17) is 16.3 Å². The molecule has 1 nitrogen and oxygen atoms in total. The second-order valence-corrected chi connectivity index (χ2v) is 4.28. The summed E-state index contributed by atoms with van der Waals surface area (Å²) in [6, 6.07) is 4.63. The molecule has 0 aliphatic heterocycles. The molecule has 0 atom stereocenters. The standard InChI is InChI=1S/C12H14ClFO/c13-8-10-5-11(14)7-12(6-10)15-4-3-9-1-2-9/h5-7,9H,1-4,8H2. The molecule has 1 aliphatic rings. The lowest BCUT2D eigenvalue weighted by Crippen LogP contribution is -1.99. The Bertz CT molecular complexity index is 336. The average molecular weight is 229 g/mol. The van der Waals surface area contributed by atoms with E-state index in [0.29, 0.717) is 18.2 Å². The van der Waals surface area contributed by atoms with Crippen molar-refractivity contribution in [3.63, 3.8) is 0 Å². The Morgan fingerprint density at radius 2 is 2.13 bits per heavy atom.